The van der Waals surface area contributed by atoms with E-state index in [2.05, 4.69) is 25.5 Å². The summed E-state index contributed by atoms with van der Waals surface area (Å²) in [6, 6.07) is 11.7. The molecule has 71 heavy (non-hydrogen) atoms. The summed E-state index contributed by atoms with van der Waals surface area (Å²) in [6.07, 6.45) is 3.98. The zero-order valence-electron chi connectivity index (χ0n) is 40.7. The molecule has 8 rings (SSSR count). The number of amides is 1. The Morgan fingerprint density at radius 3 is 1.61 bits per heavy atom. The first-order valence-electron chi connectivity index (χ1n) is 22.3. The van der Waals surface area contributed by atoms with Gasteiger partial charge in [-0.3, -0.25) is 5.32 Å². The Hall–Kier alpha value is -6.89. The van der Waals surface area contributed by atoms with Crippen LogP contribution in [0.1, 0.15) is 67.5 Å². The summed E-state index contributed by atoms with van der Waals surface area (Å²) in [5, 5.41) is 11.3. The van der Waals surface area contributed by atoms with Crippen LogP contribution in [0.4, 0.5) is 25.2 Å². The van der Waals surface area contributed by atoms with Gasteiger partial charge in [0, 0.05) is 74.0 Å². The molecular formula is C47H56F2N10O10S2. The second-order valence-electron chi connectivity index (χ2n) is 17.9. The van der Waals surface area contributed by atoms with Crippen LogP contribution in [-0.4, -0.2) is 107 Å². The summed E-state index contributed by atoms with van der Waals surface area (Å²) in [7, 11) is -2.00. The lowest BCUT2D eigenvalue weighted by molar-refractivity contribution is 0.0634. The van der Waals surface area contributed by atoms with E-state index in [4.69, 9.17) is 29.4 Å². The molecule has 6 aromatic rings. The number of pyridine rings is 2. The van der Waals surface area contributed by atoms with Gasteiger partial charge in [-0.25, -0.2) is 23.5 Å². The highest BCUT2D eigenvalue weighted by Gasteiger charge is 2.30. The highest BCUT2D eigenvalue weighted by molar-refractivity contribution is 7.87. The Morgan fingerprint density at radius 2 is 1.14 bits per heavy atom. The number of carbonyl (C=O) groups is 1. The molecule has 0 spiro atoms. The minimum atomic E-state index is -3.93. The SMILES string of the molecule is Cc1nn(S(=O)(=O)N(C)C)c2c1-c1cnc(N)c(c1)OCc1cc(F)ccc1OCCC2.Cc1nn(S(=O)(=O)N(C)C)c2c1-c1cnc(NC(=O)OC(C)(C)C)c(c1)OCc1cc(F)ccc1OCCC2. The number of rotatable bonds is 5. The number of nitrogen functional groups attached to an aromatic ring is 1. The van der Waals surface area contributed by atoms with Crippen molar-refractivity contribution in [3.05, 3.63) is 106 Å². The molecule has 1 amide bonds. The first kappa shape index (κ1) is 51.9. The highest BCUT2D eigenvalue weighted by Crippen LogP contribution is 2.37. The number of nitrogens with two attached hydrogens (primary N) is 1. The summed E-state index contributed by atoms with van der Waals surface area (Å²) in [5.74, 6) is 0.751. The lowest BCUT2D eigenvalue weighted by Gasteiger charge is -2.20. The average Bonchev–Trinajstić information content (AvgIpc) is 3.82. The molecule has 380 valence electrons. The lowest BCUT2D eigenvalue weighted by atomic mass is 10.0. The van der Waals surface area contributed by atoms with E-state index in [9.17, 15) is 30.4 Å². The van der Waals surface area contributed by atoms with E-state index in [1.54, 1.807) is 59.0 Å². The molecule has 6 heterocycles. The van der Waals surface area contributed by atoms with Crippen LogP contribution in [0.3, 0.4) is 0 Å². The molecule has 2 aliphatic rings. The normalized spacial score (nSPS) is 14.2. The second kappa shape index (κ2) is 20.8. The number of benzene rings is 2. The van der Waals surface area contributed by atoms with Crippen LogP contribution < -0.4 is 30.0 Å². The van der Waals surface area contributed by atoms with Gasteiger partial charge in [-0.15, -0.1) is 8.17 Å². The molecule has 24 heteroatoms. The van der Waals surface area contributed by atoms with Gasteiger partial charge in [0.1, 0.15) is 41.9 Å². The molecule has 0 fully saturated rings. The number of fused-ring (bicyclic) bond motifs is 10. The quantitative estimate of drug-likeness (QED) is 0.180. The zero-order valence-corrected chi connectivity index (χ0v) is 42.4. The molecule has 0 radical (unpaired) electrons. The topological polar surface area (TPSA) is 237 Å². The summed E-state index contributed by atoms with van der Waals surface area (Å²) in [4.78, 5) is 21.1. The minimum absolute atomic E-state index is 0.0303. The third-order valence-electron chi connectivity index (χ3n) is 11.0. The monoisotopic (exact) mass is 1020 g/mol. The molecule has 4 aromatic heterocycles. The summed E-state index contributed by atoms with van der Waals surface area (Å²) < 4.78 is 113. The third-order valence-corrected chi connectivity index (χ3v) is 14.3. The van der Waals surface area contributed by atoms with Gasteiger partial charge in [0.25, 0.3) is 0 Å². The van der Waals surface area contributed by atoms with Crippen LogP contribution in [0.5, 0.6) is 23.0 Å². The molecular weight excluding hydrogens is 967 g/mol. The van der Waals surface area contributed by atoms with E-state index >= 15 is 0 Å². The fraction of sp³-hybridized carbons (Fsp3) is 0.383. The number of anilines is 2. The van der Waals surface area contributed by atoms with Crippen LogP contribution >= 0.6 is 0 Å². The third kappa shape index (κ3) is 11.7. The Bertz CT molecular complexity index is 3190. The van der Waals surface area contributed by atoms with Crippen molar-refractivity contribution >= 4 is 38.1 Å². The average molecular weight is 1020 g/mol. The summed E-state index contributed by atoms with van der Waals surface area (Å²) in [5.41, 5.74) is 10.6. The van der Waals surface area contributed by atoms with Gasteiger partial charge >= 0.3 is 26.5 Å². The van der Waals surface area contributed by atoms with Gasteiger partial charge in [0.15, 0.2) is 23.1 Å². The summed E-state index contributed by atoms with van der Waals surface area (Å²) in [6.45, 7) is 9.13. The predicted molar refractivity (Wildman–Crippen MR) is 260 cm³/mol. The van der Waals surface area contributed by atoms with Crippen molar-refractivity contribution in [1.82, 2.24) is 36.9 Å². The van der Waals surface area contributed by atoms with Crippen molar-refractivity contribution in [2.75, 3.05) is 52.5 Å². The van der Waals surface area contributed by atoms with Gasteiger partial charge in [0.2, 0.25) is 0 Å². The van der Waals surface area contributed by atoms with Crippen LogP contribution in [0.2, 0.25) is 0 Å². The fourth-order valence-corrected chi connectivity index (χ4v) is 9.63. The van der Waals surface area contributed by atoms with Gasteiger partial charge in [-0.1, -0.05) is 0 Å². The molecule has 4 bridgehead atoms. The van der Waals surface area contributed by atoms with E-state index in [1.807, 2.05) is 0 Å². The molecule has 2 aliphatic heterocycles. The van der Waals surface area contributed by atoms with Crippen LogP contribution in [-0.2, 0) is 51.2 Å². The lowest BCUT2D eigenvalue weighted by Crippen LogP contribution is -2.31. The maximum Gasteiger partial charge on any atom is 0.413 e. The van der Waals surface area contributed by atoms with E-state index < -0.39 is 43.7 Å². The number of aryl methyl sites for hydroxylation is 2. The van der Waals surface area contributed by atoms with Crippen molar-refractivity contribution in [3.63, 3.8) is 0 Å². The molecule has 0 saturated carbocycles. The van der Waals surface area contributed by atoms with Gasteiger partial charge < -0.3 is 29.4 Å². The maximum absolute atomic E-state index is 14.1. The highest BCUT2D eigenvalue weighted by atomic mass is 32.2. The van der Waals surface area contributed by atoms with Crippen molar-refractivity contribution in [1.29, 1.82) is 0 Å². The first-order valence-corrected chi connectivity index (χ1v) is 25.1. The number of ether oxygens (including phenoxy) is 5. The number of nitrogens with one attached hydrogen (secondary N) is 1. The maximum atomic E-state index is 14.1. The van der Waals surface area contributed by atoms with Gasteiger partial charge in [0.05, 0.1) is 36.0 Å². The van der Waals surface area contributed by atoms with Crippen LogP contribution in [0.25, 0.3) is 22.3 Å². The zero-order chi connectivity index (χ0) is 51.6. The van der Waals surface area contributed by atoms with Crippen LogP contribution in [0, 0.1) is 25.5 Å². The molecule has 2 aromatic carbocycles. The predicted octanol–water partition coefficient (Wildman–Crippen LogP) is 6.83. The molecule has 0 saturated heterocycles. The number of carbonyl (C=O) groups excluding carboxylic acids is 1. The number of nitrogens with zero attached hydrogens (tertiary/aromatic N) is 8. The van der Waals surface area contributed by atoms with Gasteiger partial charge in [-0.2, -0.15) is 35.6 Å². The van der Waals surface area contributed by atoms with Crippen molar-refractivity contribution in [3.8, 4) is 45.3 Å². The van der Waals surface area contributed by atoms with Crippen LogP contribution in [0.15, 0.2) is 60.9 Å². The van der Waals surface area contributed by atoms with Crippen molar-refractivity contribution in [2.24, 2.45) is 0 Å². The molecule has 3 N–H and O–H groups in total. The van der Waals surface area contributed by atoms with Gasteiger partial charge in [-0.05, 0) is 109 Å². The number of halogens is 2. The van der Waals surface area contributed by atoms with E-state index in [1.165, 1.54) is 64.7 Å². The largest absolute Gasteiger partial charge is 0.493 e. The first-order chi connectivity index (χ1) is 33.4. The Balaban J connectivity index is 0.000000213. The molecule has 20 nitrogen and oxygen atoms in total. The smallest absolute Gasteiger partial charge is 0.413 e. The van der Waals surface area contributed by atoms with E-state index in [0.717, 1.165) is 16.8 Å². The second-order valence-corrected chi connectivity index (χ2v) is 21.8. The number of aromatic nitrogens is 6. The Kier molecular flexibility index (Phi) is 15.2. The molecule has 0 aliphatic carbocycles. The van der Waals surface area contributed by atoms with E-state index in [-0.39, 0.29) is 37.2 Å². The minimum Gasteiger partial charge on any atom is -0.493 e. The fourth-order valence-electron chi connectivity index (χ4n) is 7.64. The van der Waals surface area contributed by atoms with Crippen molar-refractivity contribution in [2.45, 2.75) is 79.1 Å². The van der Waals surface area contributed by atoms with Crippen molar-refractivity contribution < 1.29 is 54.1 Å². The Morgan fingerprint density at radius 1 is 0.690 bits per heavy atom. The number of hydrogen-bond donors (Lipinski definition) is 2. The summed E-state index contributed by atoms with van der Waals surface area (Å²) >= 11 is 0. The van der Waals surface area contributed by atoms with E-state index in [0.29, 0.717) is 106 Å². The Labute approximate surface area is 411 Å². The number of hydrogen-bond acceptors (Lipinski definition) is 15. The standard InChI is InChI=1S/C26H32FN5O6S.C21H24FN5O4S/c1-16-23-17-13-22(24(28-14-17)29-25(33)38-26(2,3)4)37-15-18-12-19(27)9-10-21(18)36-11-7-8-20(23)32(30-16)39(34,35)31(5)6;1-13-20-14-10-19(21(23)24-11-14)31-12-15-9-16(22)6-7-18(15)30-8-4-5-17(20)27(25-13)32(28,29)26(2)3/h9-10,12-14H,7-8,11,15H2,1-6H3,(H,28,29,33);6-7,9-11H,4-5,8,12H2,1-3H3,(H2,23,24). The molecule has 0 unspecified atom stereocenters. The molecule has 0 atom stereocenters.